The Bertz CT molecular complexity index is 672. The van der Waals surface area contributed by atoms with Crippen LogP contribution in [0.1, 0.15) is 18.1 Å². The maximum Gasteiger partial charge on any atom is 0.216 e. The summed E-state index contributed by atoms with van der Waals surface area (Å²) in [6, 6.07) is 18.0. The minimum absolute atomic E-state index is 0.0871. The van der Waals surface area contributed by atoms with Gasteiger partial charge in [0.1, 0.15) is 0 Å². The summed E-state index contributed by atoms with van der Waals surface area (Å²) in [7, 11) is -3.48. The molecule has 0 heterocycles. The molecule has 0 saturated heterocycles. The van der Waals surface area contributed by atoms with Crippen molar-refractivity contribution >= 4 is 10.0 Å². The molecular weight excluding hydrogens is 298 g/mol. The van der Waals surface area contributed by atoms with E-state index < -0.39 is 22.2 Å². The van der Waals surface area contributed by atoms with Gasteiger partial charge >= 0.3 is 0 Å². The fourth-order valence-corrected chi connectivity index (χ4v) is 3.67. The Kier molecular flexibility index (Phi) is 5.71. The Morgan fingerprint density at radius 2 is 1.45 bits per heavy atom. The van der Waals surface area contributed by atoms with Crippen LogP contribution in [0.15, 0.2) is 60.7 Å². The van der Waals surface area contributed by atoms with E-state index in [4.69, 9.17) is 0 Å². The van der Waals surface area contributed by atoms with Crippen molar-refractivity contribution in [3.05, 3.63) is 71.8 Å². The Morgan fingerprint density at radius 1 is 0.955 bits per heavy atom. The van der Waals surface area contributed by atoms with E-state index in [2.05, 4.69) is 4.72 Å². The molecule has 2 atom stereocenters. The van der Waals surface area contributed by atoms with Crippen molar-refractivity contribution in [2.75, 3.05) is 0 Å². The molecule has 0 saturated carbocycles. The Balaban J connectivity index is 1.93. The van der Waals surface area contributed by atoms with Crippen LogP contribution < -0.4 is 4.72 Å². The molecule has 22 heavy (non-hydrogen) atoms. The zero-order valence-electron chi connectivity index (χ0n) is 12.5. The summed E-state index contributed by atoms with van der Waals surface area (Å²) >= 11 is 0. The molecule has 0 aliphatic rings. The lowest BCUT2D eigenvalue weighted by Crippen LogP contribution is -2.42. The standard InChI is InChI=1S/C17H21NO3S/c1-14(17(19)12-15-8-4-2-5-9-15)18-22(20,21)13-16-10-6-3-7-11-16/h2-11,14,17-19H,12-13H2,1H3. The second-order valence-electron chi connectivity index (χ2n) is 5.41. The minimum Gasteiger partial charge on any atom is -0.391 e. The predicted molar refractivity (Wildman–Crippen MR) is 87.8 cm³/mol. The van der Waals surface area contributed by atoms with Crippen LogP contribution in [0.2, 0.25) is 0 Å². The summed E-state index contributed by atoms with van der Waals surface area (Å²) in [5.74, 6) is -0.0871. The first-order valence-electron chi connectivity index (χ1n) is 7.22. The smallest absolute Gasteiger partial charge is 0.216 e. The van der Waals surface area contributed by atoms with Gasteiger partial charge in [0.15, 0.2) is 0 Å². The van der Waals surface area contributed by atoms with Crippen molar-refractivity contribution in [2.24, 2.45) is 0 Å². The second-order valence-corrected chi connectivity index (χ2v) is 7.16. The molecule has 0 aliphatic heterocycles. The van der Waals surface area contributed by atoms with Crippen LogP contribution in [0.25, 0.3) is 0 Å². The molecule has 0 radical (unpaired) electrons. The van der Waals surface area contributed by atoms with Gasteiger partial charge in [-0.1, -0.05) is 60.7 Å². The first-order valence-corrected chi connectivity index (χ1v) is 8.87. The third kappa shape index (κ3) is 5.26. The molecule has 0 bridgehead atoms. The minimum atomic E-state index is -3.48. The Hall–Kier alpha value is -1.69. The molecular formula is C17H21NO3S. The van der Waals surface area contributed by atoms with E-state index in [1.807, 2.05) is 36.4 Å². The van der Waals surface area contributed by atoms with Crippen LogP contribution in [0, 0.1) is 0 Å². The quantitative estimate of drug-likeness (QED) is 0.821. The summed E-state index contributed by atoms with van der Waals surface area (Å²) in [6.45, 7) is 1.68. The molecule has 0 fully saturated rings. The Morgan fingerprint density at radius 3 is 2.00 bits per heavy atom. The zero-order chi connectivity index (χ0) is 16.0. The normalized spacial score (nSPS) is 14.5. The average molecular weight is 319 g/mol. The van der Waals surface area contributed by atoms with Gasteiger partial charge in [-0.25, -0.2) is 13.1 Å². The molecule has 2 aromatic rings. The number of nitrogens with one attached hydrogen (secondary N) is 1. The van der Waals surface area contributed by atoms with Crippen LogP contribution in [-0.2, 0) is 22.2 Å². The van der Waals surface area contributed by atoms with E-state index in [0.29, 0.717) is 6.42 Å². The van der Waals surface area contributed by atoms with E-state index >= 15 is 0 Å². The van der Waals surface area contributed by atoms with Crippen molar-refractivity contribution in [1.29, 1.82) is 0 Å². The second kappa shape index (κ2) is 7.54. The highest BCUT2D eigenvalue weighted by atomic mass is 32.2. The lowest BCUT2D eigenvalue weighted by Gasteiger charge is -2.20. The lowest BCUT2D eigenvalue weighted by atomic mass is 10.0. The van der Waals surface area contributed by atoms with Crippen molar-refractivity contribution in [2.45, 2.75) is 31.2 Å². The summed E-state index contributed by atoms with van der Waals surface area (Å²) in [6.07, 6.45) is -0.358. The number of aliphatic hydroxyl groups excluding tert-OH is 1. The van der Waals surface area contributed by atoms with E-state index in [1.54, 1.807) is 31.2 Å². The highest BCUT2D eigenvalue weighted by Gasteiger charge is 2.21. The zero-order valence-corrected chi connectivity index (χ0v) is 13.3. The molecule has 0 amide bonds. The molecule has 0 aromatic heterocycles. The van der Waals surface area contributed by atoms with Gasteiger partial charge in [0.25, 0.3) is 0 Å². The number of aliphatic hydroxyl groups is 1. The largest absolute Gasteiger partial charge is 0.391 e. The highest BCUT2D eigenvalue weighted by Crippen LogP contribution is 2.09. The first kappa shape index (κ1) is 16.7. The summed E-state index contributed by atoms with van der Waals surface area (Å²) in [5, 5.41) is 10.2. The fraction of sp³-hybridized carbons (Fsp3) is 0.294. The van der Waals surface area contributed by atoms with Crippen LogP contribution >= 0.6 is 0 Å². The van der Waals surface area contributed by atoms with Crippen LogP contribution in [0.4, 0.5) is 0 Å². The molecule has 2 rings (SSSR count). The number of hydrogen-bond acceptors (Lipinski definition) is 3. The van der Waals surface area contributed by atoms with Gasteiger partial charge in [0.2, 0.25) is 10.0 Å². The highest BCUT2D eigenvalue weighted by molar-refractivity contribution is 7.88. The molecule has 2 unspecified atom stereocenters. The van der Waals surface area contributed by atoms with Gasteiger partial charge in [-0.2, -0.15) is 0 Å². The number of benzene rings is 2. The molecule has 0 spiro atoms. The number of hydrogen-bond donors (Lipinski definition) is 2. The van der Waals surface area contributed by atoms with Crippen LogP contribution in [-0.4, -0.2) is 25.7 Å². The molecule has 118 valence electrons. The van der Waals surface area contributed by atoms with Gasteiger partial charge in [-0.15, -0.1) is 0 Å². The topological polar surface area (TPSA) is 66.4 Å². The van der Waals surface area contributed by atoms with E-state index in [1.165, 1.54) is 0 Å². The molecule has 0 aliphatic carbocycles. The summed E-state index contributed by atoms with van der Waals surface area (Å²) < 4.78 is 26.8. The van der Waals surface area contributed by atoms with Crippen molar-refractivity contribution in [3.8, 4) is 0 Å². The summed E-state index contributed by atoms with van der Waals surface area (Å²) in [5.41, 5.74) is 1.70. The van der Waals surface area contributed by atoms with Gasteiger partial charge in [0, 0.05) is 6.04 Å². The van der Waals surface area contributed by atoms with Crippen molar-refractivity contribution in [1.82, 2.24) is 4.72 Å². The average Bonchev–Trinajstić information content (AvgIpc) is 2.48. The van der Waals surface area contributed by atoms with Gasteiger partial charge in [0.05, 0.1) is 11.9 Å². The van der Waals surface area contributed by atoms with Crippen molar-refractivity contribution < 1.29 is 13.5 Å². The third-order valence-electron chi connectivity index (χ3n) is 3.43. The first-order chi connectivity index (χ1) is 10.5. The van der Waals surface area contributed by atoms with Crippen molar-refractivity contribution in [3.63, 3.8) is 0 Å². The van der Waals surface area contributed by atoms with Gasteiger partial charge in [-0.05, 0) is 24.5 Å². The molecule has 4 nitrogen and oxygen atoms in total. The van der Waals surface area contributed by atoms with E-state index in [9.17, 15) is 13.5 Å². The lowest BCUT2D eigenvalue weighted by molar-refractivity contribution is 0.144. The van der Waals surface area contributed by atoms with Crippen LogP contribution in [0.3, 0.4) is 0 Å². The van der Waals surface area contributed by atoms with Crippen LogP contribution in [0.5, 0.6) is 0 Å². The SMILES string of the molecule is CC(NS(=O)(=O)Cc1ccccc1)C(O)Cc1ccccc1. The molecule has 2 N–H and O–H groups in total. The molecule has 2 aromatic carbocycles. The van der Waals surface area contributed by atoms with Gasteiger partial charge < -0.3 is 5.11 Å². The molecule has 5 heteroatoms. The maximum absolute atomic E-state index is 12.1. The fourth-order valence-electron chi connectivity index (χ4n) is 2.23. The van der Waals surface area contributed by atoms with Gasteiger partial charge in [-0.3, -0.25) is 0 Å². The third-order valence-corrected chi connectivity index (χ3v) is 4.87. The number of rotatable bonds is 7. The monoisotopic (exact) mass is 319 g/mol. The predicted octanol–water partition coefficient (Wildman–Crippen LogP) is 2.10. The van der Waals surface area contributed by atoms with E-state index in [0.717, 1.165) is 11.1 Å². The maximum atomic E-state index is 12.1. The summed E-state index contributed by atoms with van der Waals surface area (Å²) in [4.78, 5) is 0. The van der Waals surface area contributed by atoms with E-state index in [-0.39, 0.29) is 5.75 Å². The Labute approximate surface area is 131 Å². The number of sulfonamides is 1.